The van der Waals surface area contributed by atoms with Gasteiger partial charge in [0.05, 0.1) is 53.8 Å². The summed E-state index contributed by atoms with van der Waals surface area (Å²) in [5.41, 5.74) is -0.697. The number of benzene rings is 1. The maximum atomic E-state index is 13.0. The van der Waals surface area contributed by atoms with Crippen molar-refractivity contribution in [3.63, 3.8) is 0 Å². The Morgan fingerprint density at radius 3 is 2.45 bits per heavy atom. The highest BCUT2D eigenvalue weighted by Crippen LogP contribution is 2.73. The average molecular weight is 686 g/mol. The molecule has 1 aromatic heterocycles. The third-order valence-electron chi connectivity index (χ3n) is 13.0. The molecule has 1 aromatic carbocycles. The lowest BCUT2D eigenvalue weighted by Crippen LogP contribution is -2.78. The van der Waals surface area contributed by atoms with Gasteiger partial charge in [-0.15, -0.1) is 5.10 Å². The van der Waals surface area contributed by atoms with Crippen LogP contribution in [0.25, 0.3) is 0 Å². The molecule has 12 heteroatoms. The van der Waals surface area contributed by atoms with Crippen molar-refractivity contribution in [2.45, 2.75) is 113 Å². The minimum Gasteiger partial charge on any atom is -0.389 e. The molecule has 10 atom stereocenters. The Hall–Kier alpha value is -2.00. The first-order valence-corrected chi connectivity index (χ1v) is 17.9. The Morgan fingerprint density at radius 1 is 0.939 bits per heavy atom. The molecule has 0 bridgehead atoms. The summed E-state index contributed by atoms with van der Waals surface area (Å²) in [6.07, 6.45) is 6.07. The number of nitrogens with zero attached hydrogens (tertiary/aromatic N) is 3. The van der Waals surface area contributed by atoms with Crippen molar-refractivity contribution in [1.29, 1.82) is 0 Å². The fraction of sp³-hybridized carbons (Fsp3) is 0.784. The minimum atomic E-state index is -1.12. The Balaban J connectivity index is 1.30. The third-order valence-corrected chi connectivity index (χ3v) is 13.0. The minimum absolute atomic E-state index is 0.0141. The normalized spacial score (nSPS) is 41.0. The first kappa shape index (κ1) is 35.4. The van der Waals surface area contributed by atoms with Crippen LogP contribution in [0.5, 0.6) is 0 Å². The van der Waals surface area contributed by atoms with Crippen molar-refractivity contribution >= 4 is 0 Å². The van der Waals surface area contributed by atoms with Crippen LogP contribution >= 0.6 is 0 Å². The lowest BCUT2D eigenvalue weighted by Gasteiger charge is -2.71. The summed E-state index contributed by atoms with van der Waals surface area (Å²) in [5.74, 6) is -0.870. The van der Waals surface area contributed by atoms with Crippen molar-refractivity contribution < 1.29 is 43.0 Å². The van der Waals surface area contributed by atoms with E-state index in [0.717, 1.165) is 25.0 Å². The first-order chi connectivity index (χ1) is 23.5. The van der Waals surface area contributed by atoms with E-state index >= 15 is 0 Å². The molecule has 12 nitrogen and oxygen atoms in total. The van der Waals surface area contributed by atoms with Crippen molar-refractivity contribution in [2.75, 3.05) is 48.3 Å². The van der Waals surface area contributed by atoms with Crippen LogP contribution in [0.15, 0.2) is 36.5 Å². The molecule has 2 heterocycles. The zero-order valence-corrected chi connectivity index (χ0v) is 30.0. The zero-order chi connectivity index (χ0) is 34.5. The van der Waals surface area contributed by atoms with Gasteiger partial charge in [0.25, 0.3) is 0 Å². The number of hydrogen-bond donors (Lipinski definition) is 1. The Labute approximate surface area is 290 Å². The Bertz CT molecular complexity index is 1430. The highest BCUT2D eigenvalue weighted by Gasteiger charge is 2.78. The van der Waals surface area contributed by atoms with E-state index in [2.05, 4.69) is 30.5 Å². The quantitative estimate of drug-likeness (QED) is 0.314. The summed E-state index contributed by atoms with van der Waals surface area (Å²) < 4.78 is 51.8. The monoisotopic (exact) mass is 685 g/mol. The van der Waals surface area contributed by atoms with E-state index in [1.807, 2.05) is 36.7 Å². The fourth-order valence-corrected chi connectivity index (χ4v) is 11.1. The Morgan fingerprint density at radius 2 is 1.69 bits per heavy atom. The van der Waals surface area contributed by atoms with Gasteiger partial charge in [0.15, 0.2) is 5.79 Å². The molecule has 2 aromatic rings. The third kappa shape index (κ3) is 5.79. The molecule has 7 rings (SSSR count). The van der Waals surface area contributed by atoms with Crippen molar-refractivity contribution in [2.24, 2.45) is 22.7 Å². The van der Waals surface area contributed by atoms with Crippen LogP contribution in [0.4, 0.5) is 0 Å². The van der Waals surface area contributed by atoms with Crippen molar-refractivity contribution in [3.8, 4) is 0 Å². The van der Waals surface area contributed by atoms with Gasteiger partial charge in [-0.2, -0.15) is 0 Å². The predicted octanol–water partition coefficient (Wildman–Crippen LogP) is 4.64. The standard InChI is InChI=1S/C37H55N3O9/c1-33(2)47-21-36-31(49-33)16-26(45-22-42-4)17-35(36,41)14-12-28-32(36)30(46-23-43-5)18-34(3)27(13-15-37(28,34)48-24-44-6)29-20-40(39-38-29)19-25-10-8-7-9-11-25/h7-11,20,26-28,30-32,41H,12-19,21-24H2,1-6H3/t26-,27+,28+,30+,31+,32+,34+,35-,36+,37-/m0/s1. The second-order valence-electron chi connectivity index (χ2n) is 15.8. The number of rotatable bonds is 12. The van der Waals surface area contributed by atoms with E-state index < -0.39 is 22.4 Å². The molecular formula is C37H55N3O9. The number of fused-ring (bicyclic) bond motifs is 3. The molecule has 1 aliphatic heterocycles. The lowest BCUT2D eigenvalue weighted by molar-refractivity contribution is -0.408. The molecule has 49 heavy (non-hydrogen) atoms. The average Bonchev–Trinajstić information content (AvgIpc) is 3.65. The summed E-state index contributed by atoms with van der Waals surface area (Å²) in [7, 11) is 4.96. The van der Waals surface area contributed by atoms with Gasteiger partial charge in [-0.1, -0.05) is 42.5 Å². The maximum Gasteiger partial charge on any atom is 0.163 e. The van der Waals surface area contributed by atoms with E-state index in [-0.39, 0.29) is 61.9 Å². The molecule has 272 valence electrons. The van der Waals surface area contributed by atoms with Crippen LogP contribution in [-0.4, -0.2) is 104 Å². The summed E-state index contributed by atoms with van der Waals surface area (Å²) in [5, 5.41) is 22.3. The topological polar surface area (TPSA) is 125 Å². The smallest absolute Gasteiger partial charge is 0.163 e. The largest absolute Gasteiger partial charge is 0.389 e. The number of aromatic nitrogens is 3. The maximum absolute atomic E-state index is 13.0. The van der Waals surface area contributed by atoms with Crippen molar-refractivity contribution in [1.82, 2.24) is 15.0 Å². The lowest BCUT2D eigenvalue weighted by atomic mass is 9.40. The first-order valence-electron chi connectivity index (χ1n) is 17.9. The molecule has 4 aliphatic carbocycles. The number of hydrogen-bond acceptors (Lipinski definition) is 11. The number of aliphatic hydroxyl groups is 1. The molecule has 0 radical (unpaired) electrons. The van der Waals surface area contributed by atoms with Crippen LogP contribution in [0.1, 0.15) is 82.9 Å². The molecule has 0 amide bonds. The van der Waals surface area contributed by atoms with E-state index in [4.69, 9.17) is 43.0 Å². The van der Waals surface area contributed by atoms with E-state index in [1.54, 1.807) is 21.3 Å². The van der Waals surface area contributed by atoms with Crippen LogP contribution in [-0.2, 0) is 44.4 Å². The summed E-state index contributed by atoms with van der Waals surface area (Å²) >= 11 is 0. The molecule has 5 fully saturated rings. The highest BCUT2D eigenvalue weighted by atomic mass is 16.7. The van der Waals surface area contributed by atoms with Gasteiger partial charge in [-0.3, -0.25) is 0 Å². The van der Waals surface area contributed by atoms with Gasteiger partial charge < -0.3 is 43.0 Å². The van der Waals surface area contributed by atoms with Gasteiger partial charge in [-0.25, -0.2) is 4.68 Å². The van der Waals surface area contributed by atoms with Crippen LogP contribution in [0.2, 0.25) is 0 Å². The van der Waals surface area contributed by atoms with Gasteiger partial charge in [0, 0.05) is 57.6 Å². The van der Waals surface area contributed by atoms with Gasteiger partial charge in [-0.05, 0) is 57.4 Å². The van der Waals surface area contributed by atoms with Crippen molar-refractivity contribution in [3.05, 3.63) is 47.8 Å². The van der Waals surface area contributed by atoms with Gasteiger partial charge >= 0.3 is 0 Å². The molecule has 0 unspecified atom stereocenters. The Kier molecular flexibility index (Phi) is 9.77. The van der Waals surface area contributed by atoms with Crippen LogP contribution in [0.3, 0.4) is 0 Å². The number of ether oxygens (including phenoxy) is 8. The SMILES string of the molecule is COCO[C@H]1C[C@H]2OC(C)(C)OC[C@]23[C@@H]2[C@@H](CC[C@]3(O)C1)[C@@]1(OCOC)CC[C@H](c3cn(Cc4ccccc4)nn3)[C@@]1(C)C[C@H]2OCOC. The fourth-order valence-electron chi connectivity index (χ4n) is 11.1. The number of methoxy groups -OCH3 is 3. The summed E-state index contributed by atoms with van der Waals surface area (Å²) in [4.78, 5) is 0. The molecule has 4 saturated carbocycles. The van der Waals surface area contributed by atoms with E-state index in [0.29, 0.717) is 38.8 Å². The molecule has 1 saturated heterocycles. The van der Waals surface area contributed by atoms with E-state index in [9.17, 15) is 5.11 Å². The highest BCUT2D eigenvalue weighted by molar-refractivity contribution is 5.29. The van der Waals surface area contributed by atoms with Crippen LogP contribution < -0.4 is 0 Å². The summed E-state index contributed by atoms with van der Waals surface area (Å²) in [6, 6.07) is 10.3. The summed E-state index contributed by atoms with van der Waals surface area (Å²) in [6.45, 7) is 7.72. The molecule has 1 N–H and O–H groups in total. The van der Waals surface area contributed by atoms with E-state index in [1.165, 1.54) is 5.56 Å². The molecule has 1 spiro atoms. The second kappa shape index (κ2) is 13.5. The molecule has 5 aliphatic rings. The predicted molar refractivity (Wildman–Crippen MR) is 177 cm³/mol. The molecular weight excluding hydrogens is 630 g/mol. The van der Waals surface area contributed by atoms with Gasteiger partial charge in [0.2, 0.25) is 0 Å². The van der Waals surface area contributed by atoms with Crippen LogP contribution in [0, 0.1) is 22.7 Å². The zero-order valence-electron chi connectivity index (χ0n) is 30.0. The second-order valence-corrected chi connectivity index (χ2v) is 15.8. The van der Waals surface area contributed by atoms with Gasteiger partial charge in [0.1, 0.15) is 20.4 Å².